The summed E-state index contributed by atoms with van der Waals surface area (Å²) in [4.78, 5) is 38.7. The van der Waals surface area contributed by atoms with E-state index in [1.54, 1.807) is 30.3 Å². The summed E-state index contributed by atoms with van der Waals surface area (Å²) in [5, 5.41) is 3.58. The van der Waals surface area contributed by atoms with Gasteiger partial charge in [-0.2, -0.15) is 0 Å². The summed E-state index contributed by atoms with van der Waals surface area (Å²) >= 11 is 12.0. The molecule has 150 valence electrons. The smallest absolute Gasteiger partial charge is 0.299 e. The molecule has 0 saturated carbocycles. The van der Waals surface area contributed by atoms with Crippen molar-refractivity contribution in [1.82, 2.24) is 0 Å². The predicted octanol–water partition coefficient (Wildman–Crippen LogP) is 4.90. The molecule has 1 aliphatic rings. The van der Waals surface area contributed by atoms with Gasteiger partial charge < -0.3 is 10.2 Å². The topological polar surface area (TPSA) is 66.5 Å². The third-order valence-corrected chi connectivity index (χ3v) is 5.53. The summed E-state index contributed by atoms with van der Waals surface area (Å²) in [5.74, 6) is -1.43. The number of nitrogens with zero attached hydrogens (tertiary/aromatic N) is 1. The Hall–Kier alpha value is -3.15. The number of amides is 2. The Bertz CT molecular complexity index is 1160. The van der Waals surface area contributed by atoms with Crippen LogP contribution in [0.3, 0.4) is 0 Å². The first-order valence-electron chi connectivity index (χ1n) is 9.20. The van der Waals surface area contributed by atoms with Crippen molar-refractivity contribution in [3.8, 4) is 0 Å². The van der Waals surface area contributed by atoms with E-state index in [1.807, 2.05) is 30.3 Å². The van der Waals surface area contributed by atoms with Crippen LogP contribution in [0.15, 0.2) is 66.7 Å². The average molecular weight is 439 g/mol. The van der Waals surface area contributed by atoms with Crippen LogP contribution >= 0.6 is 23.2 Å². The van der Waals surface area contributed by atoms with E-state index in [-0.39, 0.29) is 24.4 Å². The minimum absolute atomic E-state index is 0.189. The number of Topliss-reactive ketones (excluding diaryl/α,β-unsaturated/α-hetero) is 1. The fraction of sp³-hybridized carbons (Fsp3) is 0.0870. The zero-order valence-electron chi connectivity index (χ0n) is 15.7. The quantitative estimate of drug-likeness (QED) is 0.575. The van der Waals surface area contributed by atoms with Gasteiger partial charge in [0.2, 0.25) is 5.91 Å². The summed E-state index contributed by atoms with van der Waals surface area (Å²) in [6.45, 7) is 0.189. The number of ketones is 1. The summed E-state index contributed by atoms with van der Waals surface area (Å²) in [5.41, 5.74) is 2.86. The van der Waals surface area contributed by atoms with Crippen molar-refractivity contribution >= 4 is 52.2 Å². The van der Waals surface area contributed by atoms with Crippen molar-refractivity contribution in [3.63, 3.8) is 0 Å². The zero-order chi connectivity index (χ0) is 21.3. The highest BCUT2D eigenvalue weighted by Crippen LogP contribution is 2.33. The largest absolute Gasteiger partial charge is 0.326 e. The van der Waals surface area contributed by atoms with Crippen LogP contribution in [0.4, 0.5) is 11.4 Å². The number of anilines is 2. The zero-order valence-corrected chi connectivity index (χ0v) is 17.2. The first kappa shape index (κ1) is 20.1. The molecule has 7 heteroatoms. The fourth-order valence-electron chi connectivity index (χ4n) is 3.34. The lowest BCUT2D eigenvalue weighted by Crippen LogP contribution is -2.29. The van der Waals surface area contributed by atoms with Crippen molar-refractivity contribution in [1.29, 1.82) is 0 Å². The van der Waals surface area contributed by atoms with Crippen LogP contribution in [-0.4, -0.2) is 17.6 Å². The van der Waals surface area contributed by atoms with Crippen LogP contribution in [-0.2, 0) is 22.6 Å². The van der Waals surface area contributed by atoms with E-state index >= 15 is 0 Å². The van der Waals surface area contributed by atoms with Crippen molar-refractivity contribution < 1.29 is 14.4 Å². The van der Waals surface area contributed by atoms with Gasteiger partial charge in [0.1, 0.15) is 0 Å². The molecule has 0 unspecified atom stereocenters. The maximum Gasteiger partial charge on any atom is 0.299 e. The Morgan fingerprint density at radius 3 is 2.37 bits per heavy atom. The average Bonchev–Trinajstić information content (AvgIpc) is 2.96. The second-order valence-electron chi connectivity index (χ2n) is 6.91. The number of hydrogen-bond donors (Lipinski definition) is 1. The van der Waals surface area contributed by atoms with Gasteiger partial charge in [0.05, 0.1) is 34.3 Å². The van der Waals surface area contributed by atoms with Gasteiger partial charge in [0, 0.05) is 5.69 Å². The van der Waals surface area contributed by atoms with Crippen LogP contribution < -0.4 is 10.2 Å². The van der Waals surface area contributed by atoms with Crippen LogP contribution in [0, 0.1) is 0 Å². The molecule has 3 aromatic rings. The highest BCUT2D eigenvalue weighted by atomic mass is 35.5. The molecule has 1 heterocycles. The Kier molecular flexibility index (Phi) is 5.57. The van der Waals surface area contributed by atoms with Crippen LogP contribution in [0.2, 0.25) is 10.0 Å². The van der Waals surface area contributed by atoms with Gasteiger partial charge in [-0.15, -0.1) is 0 Å². The third-order valence-electron chi connectivity index (χ3n) is 4.79. The fourth-order valence-corrected chi connectivity index (χ4v) is 3.66. The number of fused-ring (bicyclic) bond motifs is 1. The lowest BCUT2D eigenvalue weighted by atomic mass is 10.1. The van der Waals surface area contributed by atoms with Crippen molar-refractivity contribution in [2.45, 2.75) is 13.0 Å². The number of nitrogens with one attached hydrogen (secondary N) is 1. The number of benzene rings is 3. The van der Waals surface area contributed by atoms with E-state index in [2.05, 4.69) is 5.32 Å². The molecule has 0 aromatic heterocycles. The second-order valence-corrected chi connectivity index (χ2v) is 7.73. The van der Waals surface area contributed by atoms with Crippen LogP contribution in [0.1, 0.15) is 21.5 Å². The summed E-state index contributed by atoms with van der Waals surface area (Å²) < 4.78 is 0. The molecule has 5 nitrogen and oxygen atoms in total. The first-order valence-corrected chi connectivity index (χ1v) is 9.96. The number of carbonyl (C=O) groups excluding carboxylic acids is 3. The molecule has 2 amide bonds. The van der Waals surface area contributed by atoms with E-state index in [0.717, 1.165) is 11.1 Å². The van der Waals surface area contributed by atoms with E-state index in [1.165, 1.54) is 11.0 Å². The van der Waals surface area contributed by atoms with Gasteiger partial charge in [0.15, 0.2) is 0 Å². The van der Waals surface area contributed by atoms with E-state index in [4.69, 9.17) is 23.2 Å². The summed E-state index contributed by atoms with van der Waals surface area (Å²) in [7, 11) is 0. The third kappa shape index (κ3) is 4.08. The molecule has 30 heavy (non-hydrogen) atoms. The SMILES string of the molecule is O=C(Cc1ccccc1)Nc1ccc2c(c1)C(=O)C(=O)N2Cc1ccc(Cl)c(Cl)c1. The predicted molar refractivity (Wildman–Crippen MR) is 117 cm³/mol. The van der Waals surface area contributed by atoms with Crippen molar-refractivity contribution in [2.75, 3.05) is 10.2 Å². The lowest BCUT2D eigenvalue weighted by Gasteiger charge is -2.17. The van der Waals surface area contributed by atoms with Crippen molar-refractivity contribution in [3.05, 3.63) is 93.5 Å². The minimum Gasteiger partial charge on any atom is -0.326 e. The standard InChI is InChI=1S/C23H16Cl2N2O3/c24-18-8-6-15(10-19(18)25)13-27-20-9-7-16(12-17(20)22(29)23(27)30)26-21(28)11-14-4-2-1-3-5-14/h1-10,12H,11,13H2,(H,26,28). The molecule has 0 saturated heterocycles. The molecule has 1 aliphatic heterocycles. The van der Waals surface area contributed by atoms with Gasteiger partial charge >= 0.3 is 0 Å². The van der Waals surface area contributed by atoms with Gasteiger partial charge in [0.25, 0.3) is 11.7 Å². The maximum atomic E-state index is 12.5. The molecule has 0 bridgehead atoms. The summed E-state index contributed by atoms with van der Waals surface area (Å²) in [6.07, 6.45) is 0.217. The van der Waals surface area contributed by atoms with Gasteiger partial charge in [-0.05, 0) is 41.5 Å². The highest BCUT2D eigenvalue weighted by Gasteiger charge is 2.36. The van der Waals surface area contributed by atoms with Gasteiger partial charge in [-0.3, -0.25) is 14.4 Å². The molecule has 0 radical (unpaired) electrons. The Morgan fingerprint density at radius 1 is 0.867 bits per heavy atom. The highest BCUT2D eigenvalue weighted by molar-refractivity contribution is 6.52. The second kappa shape index (κ2) is 8.30. The molecule has 0 atom stereocenters. The van der Waals surface area contributed by atoms with Crippen LogP contribution in [0.5, 0.6) is 0 Å². The molecule has 0 spiro atoms. The maximum absolute atomic E-state index is 12.5. The molecule has 4 rings (SSSR count). The molecular formula is C23H16Cl2N2O3. The van der Waals surface area contributed by atoms with E-state index < -0.39 is 11.7 Å². The summed E-state index contributed by atoms with van der Waals surface area (Å²) in [6, 6.07) is 19.3. The first-order chi connectivity index (χ1) is 14.4. The monoisotopic (exact) mass is 438 g/mol. The Labute approximate surface area is 183 Å². The Balaban J connectivity index is 1.53. The van der Waals surface area contributed by atoms with E-state index in [9.17, 15) is 14.4 Å². The Morgan fingerprint density at radius 2 is 1.63 bits per heavy atom. The van der Waals surface area contributed by atoms with E-state index in [0.29, 0.717) is 21.4 Å². The molecule has 3 aromatic carbocycles. The number of rotatable bonds is 5. The normalized spacial score (nSPS) is 12.8. The minimum atomic E-state index is -0.621. The molecule has 1 N–H and O–H groups in total. The number of carbonyl (C=O) groups is 3. The number of halogens is 2. The number of hydrogen-bond acceptors (Lipinski definition) is 3. The molecular weight excluding hydrogens is 423 g/mol. The molecule has 0 aliphatic carbocycles. The van der Waals surface area contributed by atoms with Gasteiger partial charge in [-0.1, -0.05) is 59.6 Å². The van der Waals surface area contributed by atoms with Crippen molar-refractivity contribution in [2.24, 2.45) is 0 Å². The molecule has 0 fully saturated rings. The lowest BCUT2D eigenvalue weighted by molar-refractivity contribution is -0.115. The van der Waals surface area contributed by atoms with Gasteiger partial charge in [-0.25, -0.2) is 0 Å². The van der Waals surface area contributed by atoms with Crippen LogP contribution in [0.25, 0.3) is 0 Å².